The Morgan fingerprint density at radius 2 is 1.94 bits per heavy atom. The van der Waals surface area contributed by atoms with E-state index in [-0.39, 0.29) is 5.97 Å². The molecular formula is C14H19ClO2. The predicted octanol–water partition coefficient (Wildman–Crippen LogP) is 4.09. The Hall–Kier alpha value is -1.02. The fraction of sp³-hybridized carbons (Fsp3) is 0.500. The molecule has 1 aromatic rings. The molecule has 94 valence electrons. The second-order valence-corrected chi connectivity index (χ2v) is 4.44. The number of unbranched alkanes of at least 4 members (excludes halogenated alkanes) is 3. The van der Waals surface area contributed by atoms with Crippen molar-refractivity contribution in [2.75, 3.05) is 6.61 Å². The van der Waals surface area contributed by atoms with Gasteiger partial charge in [-0.25, -0.2) is 0 Å². The third-order valence-electron chi connectivity index (χ3n) is 2.54. The summed E-state index contributed by atoms with van der Waals surface area (Å²) in [5.41, 5.74) is 0.785. The van der Waals surface area contributed by atoms with Crippen LogP contribution in [0.4, 0.5) is 0 Å². The molecule has 0 amide bonds. The molecule has 0 saturated heterocycles. The van der Waals surface area contributed by atoms with Gasteiger partial charge in [0.2, 0.25) is 0 Å². The van der Waals surface area contributed by atoms with Crippen molar-refractivity contribution in [2.45, 2.75) is 38.0 Å². The highest BCUT2D eigenvalue weighted by molar-refractivity contribution is 6.29. The molecule has 0 radical (unpaired) electrons. The molecule has 0 heterocycles. The van der Waals surface area contributed by atoms with Crippen LogP contribution in [0.15, 0.2) is 30.3 Å². The van der Waals surface area contributed by atoms with E-state index >= 15 is 0 Å². The first-order valence-electron chi connectivity index (χ1n) is 6.11. The van der Waals surface area contributed by atoms with E-state index in [4.69, 9.17) is 16.3 Å². The first-order valence-corrected chi connectivity index (χ1v) is 6.55. The van der Waals surface area contributed by atoms with Crippen LogP contribution in [0.2, 0.25) is 0 Å². The number of halogens is 1. The maximum absolute atomic E-state index is 11.6. The van der Waals surface area contributed by atoms with Crippen LogP contribution in [-0.4, -0.2) is 12.6 Å². The molecule has 0 aliphatic carbocycles. The fourth-order valence-corrected chi connectivity index (χ4v) is 1.74. The van der Waals surface area contributed by atoms with Crippen LogP contribution in [-0.2, 0) is 9.53 Å². The summed E-state index contributed by atoms with van der Waals surface area (Å²) >= 11 is 6.02. The lowest BCUT2D eigenvalue weighted by atomic mass is 10.1. The molecule has 0 bridgehead atoms. The molecule has 1 unspecified atom stereocenters. The van der Waals surface area contributed by atoms with Crippen LogP contribution in [0.5, 0.6) is 0 Å². The quantitative estimate of drug-likeness (QED) is 0.416. The average molecular weight is 255 g/mol. The summed E-state index contributed by atoms with van der Waals surface area (Å²) in [7, 11) is 0. The SMILES string of the molecule is CCCCCCOC(=O)C(Cl)c1ccccc1. The van der Waals surface area contributed by atoms with Crippen molar-refractivity contribution in [1.82, 2.24) is 0 Å². The number of hydrogen-bond donors (Lipinski definition) is 0. The fourth-order valence-electron chi connectivity index (χ4n) is 1.53. The third-order valence-corrected chi connectivity index (χ3v) is 2.97. The number of ether oxygens (including phenoxy) is 1. The zero-order chi connectivity index (χ0) is 12.5. The first kappa shape index (κ1) is 14.0. The van der Waals surface area contributed by atoms with Gasteiger partial charge in [-0.15, -0.1) is 11.6 Å². The second kappa shape index (κ2) is 8.13. The number of esters is 1. The molecule has 0 aliphatic rings. The second-order valence-electron chi connectivity index (χ2n) is 4.00. The Labute approximate surface area is 108 Å². The van der Waals surface area contributed by atoms with Gasteiger partial charge in [0.15, 0.2) is 5.38 Å². The Morgan fingerprint density at radius 3 is 2.59 bits per heavy atom. The Bertz CT molecular complexity index is 324. The lowest BCUT2D eigenvalue weighted by molar-refractivity contribution is -0.143. The van der Waals surface area contributed by atoms with Gasteiger partial charge in [-0.05, 0) is 12.0 Å². The number of alkyl halides is 1. The van der Waals surface area contributed by atoms with Crippen molar-refractivity contribution in [2.24, 2.45) is 0 Å². The number of carbonyl (C=O) groups is 1. The van der Waals surface area contributed by atoms with E-state index in [2.05, 4.69) is 6.92 Å². The minimum atomic E-state index is -0.692. The Morgan fingerprint density at radius 1 is 1.24 bits per heavy atom. The normalized spacial score (nSPS) is 12.1. The van der Waals surface area contributed by atoms with Crippen LogP contribution >= 0.6 is 11.6 Å². The lowest BCUT2D eigenvalue weighted by Gasteiger charge is -2.09. The molecule has 1 aromatic carbocycles. The zero-order valence-electron chi connectivity index (χ0n) is 10.2. The largest absolute Gasteiger partial charge is 0.464 e. The van der Waals surface area contributed by atoms with Gasteiger partial charge in [0.25, 0.3) is 0 Å². The highest BCUT2D eigenvalue weighted by atomic mass is 35.5. The van der Waals surface area contributed by atoms with E-state index in [1.807, 2.05) is 30.3 Å². The maximum atomic E-state index is 11.6. The summed E-state index contributed by atoms with van der Waals surface area (Å²) in [6.45, 7) is 2.62. The topological polar surface area (TPSA) is 26.3 Å². The van der Waals surface area contributed by atoms with Gasteiger partial charge in [0.1, 0.15) is 0 Å². The van der Waals surface area contributed by atoms with Crippen molar-refractivity contribution in [1.29, 1.82) is 0 Å². The highest BCUT2D eigenvalue weighted by Gasteiger charge is 2.18. The van der Waals surface area contributed by atoms with Gasteiger partial charge in [-0.2, -0.15) is 0 Å². The zero-order valence-corrected chi connectivity index (χ0v) is 11.0. The summed E-state index contributed by atoms with van der Waals surface area (Å²) in [6, 6.07) is 9.27. The average Bonchev–Trinajstić information content (AvgIpc) is 2.38. The molecule has 1 rings (SSSR count). The van der Waals surface area contributed by atoms with Crippen LogP contribution in [0, 0.1) is 0 Å². The molecule has 0 aromatic heterocycles. The number of carbonyl (C=O) groups excluding carboxylic acids is 1. The standard InChI is InChI=1S/C14H19ClO2/c1-2-3-4-8-11-17-14(16)13(15)12-9-6-5-7-10-12/h5-7,9-10,13H,2-4,8,11H2,1H3. The van der Waals surface area contributed by atoms with Gasteiger partial charge in [0.05, 0.1) is 6.61 Å². The van der Waals surface area contributed by atoms with Gasteiger partial charge >= 0.3 is 5.97 Å². The van der Waals surface area contributed by atoms with Crippen LogP contribution in [0.1, 0.15) is 43.5 Å². The van der Waals surface area contributed by atoms with Crippen LogP contribution in [0.3, 0.4) is 0 Å². The van der Waals surface area contributed by atoms with Crippen LogP contribution in [0.25, 0.3) is 0 Å². The first-order chi connectivity index (χ1) is 8.25. The monoisotopic (exact) mass is 254 g/mol. The minimum Gasteiger partial charge on any atom is -0.464 e. The predicted molar refractivity (Wildman–Crippen MR) is 70.1 cm³/mol. The molecule has 2 nitrogen and oxygen atoms in total. The van der Waals surface area contributed by atoms with Crippen molar-refractivity contribution in [3.63, 3.8) is 0 Å². The Balaban J connectivity index is 2.28. The maximum Gasteiger partial charge on any atom is 0.328 e. The molecule has 0 aliphatic heterocycles. The van der Waals surface area contributed by atoms with Crippen LogP contribution < -0.4 is 0 Å². The highest BCUT2D eigenvalue weighted by Crippen LogP contribution is 2.21. The van der Waals surface area contributed by atoms with Gasteiger partial charge < -0.3 is 4.74 Å². The summed E-state index contributed by atoms with van der Waals surface area (Å²) in [4.78, 5) is 11.6. The minimum absolute atomic E-state index is 0.352. The van der Waals surface area contributed by atoms with E-state index in [1.54, 1.807) is 0 Å². The lowest BCUT2D eigenvalue weighted by Crippen LogP contribution is -2.12. The number of hydrogen-bond acceptors (Lipinski definition) is 2. The third kappa shape index (κ3) is 5.22. The molecular weight excluding hydrogens is 236 g/mol. The summed E-state index contributed by atoms with van der Waals surface area (Å²) < 4.78 is 5.13. The van der Waals surface area contributed by atoms with E-state index in [1.165, 1.54) is 12.8 Å². The summed E-state index contributed by atoms with van der Waals surface area (Å²) in [5, 5.41) is -0.692. The molecule has 0 saturated carbocycles. The molecule has 0 spiro atoms. The summed E-state index contributed by atoms with van der Waals surface area (Å²) in [6.07, 6.45) is 4.37. The molecule has 0 fully saturated rings. The van der Waals surface area contributed by atoms with Gasteiger partial charge in [-0.1, -0.05) is 56.5 Å². The van der Waals surface area contributed by atoms with E-state index in [0.717, 1.165) is 18.4 Å². The molecule has 3 heteroatoms. The van der Waals surface area contributed by atoms with Crippen molar-refractivity contribution >= 4 is 17.6 Å². The molecule has 17 heavy (non-hydrogen) atoms. The van der Waals surface area contributed by atoms with E-state index < -0.39 is 5.38 Å². The summed E-state index contributed by atoms with van der Waals surface area (Å²) in [5.74, 6) is -0.352. The van der Waals surface area contributed by atoms with Crippen molar-refractivity contribution in [3.8, 4) is 0 Å². The van der Waals surface area contributed by atoms with Gasteiger partial charge in [0, 0.05) is 0 Å². The molecule has 1 atom stereocenters. The molecule has 0 N–H and O–H groups in total. The number of rotatable bonds is 7. The van der Waals surface area contributed by atoms with E-state index in [0.29, 0.717) is 6.61 Å². The Kier molecular flexibility index (Phi) is 6.71. The smallest absolute Gasteiger partial charge is 0.328 e. The van der Waals surface area contributed by atoms with E-state index in [9.17, 15) is 4.79 Å². The van der Waals surface area contributed by atoms with Gasteiger partial charge in [-0.3, -0.25) is 4.79 Å². The van der Waals surface area contributed by atoms with Crippen molar-refractivity contribution < 1.29 is 9.53 Å². The van der Waals surface area contributed by atoms with Crippen molar-refractivity contribution in [3.05, 3.63) is 35.9 Å². The number of benzene rings is 1.